The molecule has 0 heterocycles. The summed E-state index contributed by atoms with van der Waals surface area (Å²) in [5.41, 5.74) is 0. The highest BCUT2D eigenvalue weighted by Crippen LogP contribution is 2.39. The van der Waals surface area contributed by atoms with Gasteiger partial charge in [0.2, 0.25) is 0 Å². The highest BCUT2D eigenvalue weighted by Gasteiger charge is 2.41. The average molecular weight is 263 g/mol. The second kappa shape index (κ2) is 5.46. The van der Waals surface area contributed by atoms with Crippen molar-refractivity contribution in [3.05, 3.63) is 0 Å². The van der Waals surface area contributed by atoms with E-state index in [2.05, 4.69) is 5.32 Å². The summed E-state index contributed by atoms with van der Waals surface area (Å²) in [7, 11) is 0. The van der Waals surface area contributed by atoms with Crippen molar-refractivity contribution in [2.24, 2.45) is 11.8 Å². The maximum atomic E-state index is 12.3. The maximum absolute atomic E-state index is 12.3. The van der Waals surface area contributed by atoms with Crippen LogP contribution in [0.25, 0.3) is 0 Å². The van der Waals surface area contributed by atoms with Crippen LogP contribution in [-0.4, -0.2) is 25.4 Å². The lowest BCUT2D eigenvalue weighted by atomic mass is 9.81. The van der Waals surface area contributed by atoms with Gasteiger partial charge in [0.1, 0.15) is 0 Å². The number of nitrogens with one attached hydrogen (secondary N) is 1. The van der Waals surface area contributed by atoms with Crippen LogP contribution in [0.3, 0.4) is 0 Å². The van der Waals surface area contributed by atoms with Gasteiger partial charge in [0, 0.05) is 0 Å². The summed E-state index contributed by atoms with van der Waals surface area (Å²) in [6.07, 6.45) is -7.68. The van der Waals surface area contributed by atoms with E-state index in [0.29, 0.717) is 12.8 Å². The summed E-state index contributed by atoms with van der Waals surface area (Å²) in [6, 6.07) is 0. The van der Waals surface area contributed by atoms with Gasteiger partial charge in [0.15, 0.2) is 0 Å². The molecule has 7 heteroatoms. The van der Waals surface area contributed by atoms with E-state index in [4.69, 9.17) is 0 Å². The van der Waals surface area contributed by atoms with Crippen LogP contribution in [-0.2, 0) is 0 Å². The molecule has 0 unspecified atom stereocenters. The molecule has 0 aromatic carbocycles. The lowest BCUT2D eigenvalue weighted by Crippen LogP contribution is -2.35. The predicted octanol–water partition coefficient (Wildman–Crippen LogP) is 3.51. The second-order valence-corrected chi connectivity index (χ2v) is 4.51. The van der Waals surface area contributed by atoms with Gasteiger partial charge in [-0.3, -0.25) is 0 Å². The summed E-state index contributed by atoms with van der Waals surface area (Å²) in [5, 5.41) is 2.24. The Morgan fingerprint density at radius 3 is 1.82 bits per heavy atom. The summed E-state index contributed by atoms with van der Waals surface area (Å²) >= 11 is 0. The van der Waals surface area contributed by atoms with Gasteiger partial charge >= 0.3 is 12.4 Å². The van der Waals surface area contributed by atoms with E-state index in [9.17, 15) is 26.3 Å². The molecule has 0 atom stereocenters. The molecule has 0 aromatic rings. The van der Waals surface area contributed by atoms with E-state index >= 15 is 0 Å². The van der Waals surface area contributed by atoms with E-state index in [1.807, 2.05) is 0 Å². The molecule has 17 heavy (non-hydrogen) atoms. The van der Waals surface area contributed by atoms with Gasteiger partial charge in [-0.25, -0.2) is 0 Å². The Bertz CT molecular complexity index is 223. The molecule has 0 bridgehead atoms. The first-order chi connectivity index (χ1) is 7.68. The van der Waals surface area contributed by atoms with Crippen molar-refractivity contribution < 1.29 is 26.3 Å². The van der Waals surface area contributed by atoms with Crippen molar-refractivity contribution in [1.82, 2.24) is 5.32 Å². The zero-order valence-corrected chi connectivity index (χ0v) is 9.17. The molecule has 102 valence electrons. The lowest BCUT2D eigenvalue weighted by molar-refractivity contribution is -0.183. The number of hydrogen-bond donors (Lipinski definition) is 1. The molecule has 0 spiro atoms. The van der Waals surface area contributed by atoms with Gasteiger partial charge in [-0.2, -0.15) is 26.3 Å². The topological polar surface area (TPSA) is 12.0 Å². The molecule has 1 saturated carbocycles. The SMILES string of the molecule is FC(F)(F)CNCC1CCC(C(F)(F)F)CC1. The third kappa shape index (κ3) is 5.61. The molecule has 0 radical (unpaired) electrons. The third-order valence-electron chi connectivity index (χ3n) is 3.07. The van der Waals surface area contributed by atoms with Crippen LogP contribution in [0.1, 0.15) is 25.7 Å². The molecular weight excluding hydrogens is 248 g/mol. The minimum atomic E-state index is -4.26. The number of alkyl halides is 6. The summed E-state index contributed by atoms with van der Waals surface area (Å²) in [6.45, 7) is -0.934. The van der Waals surface area contributed by atoms with Crippen LogP contribution in [0.4, 0.5) is 26.3 Å². The van der Waals surface area contributed by atoms with Crippen LogP contribution in [0.5, 0.6) is 0 Å². The summed E-state index contributed by atoms with van der Waals surface area (Å²) in [5.74, 6) is -1.35. The van der Waals surface area contributed by atoms with Gasteiger partial charge in [-0.1, -0.05) is 0 Å². The average Bonchev–Trinajstić information content (AvgIpc) is 2.15. The van der Waals surface area contributed by atoms with Crippen LogP contribution in [0.2, 0.25) is 0 Å². The first-order valence-electron chi connectivity index (χ1n) is 5.52. The molecule has 0 aliphatic heterocycles. The summed E-state index contributed by atoms with van der Waals surface area (Å²) in [4.78, 5) is 0. The molecule has 1 rings (SSSR count). The largest absolute Gasteiger partial charge is 0.401 e. The van der Waals surface area contributed by atoms with Crippen LogP contribution in [0.15, 0.2) is 0 Å². The maximum Gasteiger partial charge on any atom is 0.401 e. The monoisotopic (exact) mass is 263 g/mol. The second-order valence-electron chi connectivity index (χ2n) is 4.51. The predicted molar refractivity (Wildman–Crippen MR) is 50.4 cm³/mol. The molecule has 0 amide bonds. The number of hydrogen-bond acceptors (Lipinski definition) is 1. The molecule has 1 fully saturated rings. The summed E-state index contributed by atoms with van der Waals surface area (Å²) < 4.78 is 72.4. The molecule has 1 aliphatic carbocycles. The molecule has 0 aromatic heterocycles. The first-order valence-corrected chi connectivity index (χ1v) is 5.52. The van der Waals surface area contributed by atoms with Gasteiger partial charge in [-0.05, 0) is 38.1 Å². The molecule has 1 N–H and O–H groups in total. The van der Waals surface area contributed by atoms with Crippen molar-refractivity contribution in [1.29, 1.82) is 0 Å². The van der Waals surface area contributed by atoms with Crippen LogP contribution in [0, 0.1) is 11.8 Å². The Labute approximate surface area is 95.6 Å². The number of rotatable bonds is 3. The van der Waals surface area contributed by atoms with Gasteiger partial charge in [0.25, 0.3) is 0 Å². The zero-order chi connectivity index (χ0) is 13.1. The highest BCUT2D eigenvalue weighted by atomic mass is 19.4. The van der Waals surface area contributed by atoms with E-state index in [-0.39, 0.29) is 25.3 Å². The van der Waals surface area contributed by atoms with Gasteiger partial charge in [0.05, 0.1) is 12.5 Å². The quantitative estimate of drug-likeness (QED) is 0.768. The Hall–Kier alpha value is -0.460. The van der Waals surface area contributed by atoms with Gasteiger partial charge < -0.3 is 5.32 Å². The van der Waals surface area contributed by atoms with E-state index < -0.39 is 24.8 Å². The zero-order valence-electron chi connectivity index (χ0n) is 9.17. The Morgan fingerprint density at radius 2 is 1.41 bits per heavy atom. The fourth-order valence-corrected chi connectivity index (χ4v) is 2.11. The molecule has 0 saturated heterocycles. The Balaban J connectivity index is 2.20. The normalized spacial score (nSPS) is 27.2. The van der Waals surface area contributed by atoms with Crippen molar-refractivity contribution in [2.75, 3.05) is 13.1 Å². The fourth-order valence-electron chi connectivity index (χ4n) is 2.11. The molecular formula is C10H15F6N. The van der Waals surface area contributed by atoms with E-state index in [0.717, 1.165) is 0 Å². The fraction of sp³-hybridized carbons (Fsp3) is 1.00. The third-order valence-corrected chi connectivity index (χ3v) is 3.07. The molecule has 1 aliphatic rings. The van der Waals surface area contributed by atoms with Crippen molar-refractivity contribution in [3.8, 4) is 0 Å². The van der Waals surface area contributed by atoms with E-state index in [1.165, 1.54) is 0 Å². The van der Waals surface area contributed by atoms with Crippen LogP contribution < -0.4 is 5.32 Å². The Morgan fingerprint density at radius 1 is 0.882 bits per heavy atom. The van der Waals surface area contributed by atoms with Crippen molar-refractivity contribution >= 4 is 0 Å². The van der Waals surface area contributed by atoms with Crippen LogP contribution >= 0.6 is 0 Å². The highest BCUT2D eigenvalue weighted by molar-refractivity contribution is 4.78. The minimum Gasteiger partial charge on any atom is -0.308 e. The number of halogens is 6. The molecule has 1 nitrogen and oxygen atoms in total. The first kappa shape index (κ1) is 14.6. The minimum absolute atomic E-state index is 0.0296. The van der Waals surface area contributed by atoms with Crippen molar-refractivity contribution in [3.63, 3.8) is 0 Å². The standard InChI is InChI=1S/C10H15F6N/c11-9(12,13)6-17-5-7-1-3-8(4-2-7)10(14,15)16/h7-8,17H,1-6H2. The smallest absolute Gasteiger partial charge is 0.308 e. The van der Waals surface area contributed by atoms with E-state index in [1.54, 1.807) is 0 Å². The Kier molecular flexibility index (Phi) is 4.69. The lowest BCUT2D eigenvalue weighted by Gasteiger charge is -2.30. The van der Waals surface area contributed by atoms with Crippen molar-refractivity contribution in [2.45, 2.75) is 38.0 Å². The van der Waals surface area contributed by atoms with Gasteiger partial charge in [-0.15, -0.1) is 0 Å².